The third-order valence-electron chi connectivity index (χ3n) is 2.30. The SMILES string of the molecule is Cc1cccc(NC(=O)CCC(C)(C)N)c1. The lowest BCUT2D eigenvalue weighted by Crippen LogP contribution is -2.33. The average Bonchev–Trinajstić information content (AvgIpc) is 2.14. The van der Waals surface area contributed by atoms with Crippen LogP contribution in [0.15, 0.2) is 24.3 Å². The van der Waals surface area contributed by atoms with Crippen molar-refractivity contribution in [1.29, 1.82) is 0 Å². The van der Waals surface area contributed by atoms with Gasteiger partial charge < -0.3 is 11.1 Å². The van der Waals surface area contributed by atoms with Gasteiger partial charge in [-0.3, -0.25) is 4.79 Å². The van der Waals surface area contributed by atoms with Gasteiger partial charge in [-0.1, -0.05) is 12.1 Å². The molecule has 0 heterocycles. The van der Waals surface area contributed by atoms with E-state index in [1.54, 1.807) is 0 Å². The highest BCUT2D eigenvalue weighted by molar-refractivity contribution is 5.90. The third-order valence-corrected chi connectivity index (χ3v) is 2.30. The number of benzene rings is 1. The standard InChI is InChI=1S/C13H20N2O/c1-10-5-4-6-11(9-10)15-12(16)7-8-13(2,3)14/h4-6,9H,7-8,14H2,1-3H3,(H,15,16). The van der Waals surface area contributed by atoms with E-state index in [0.29, 0.717) is 12.8 Å². The number of carbonyl (C=O) groups is 1. The molecule has 3 heteroatoms. The van der Waals surface area contributed by atoms with Gasteiger partial charge in [0.15, 0.2) is 0 Å². The number of aryl methyl sites for hydroxylation is 1. The fourth-order valence-corrected chi connectivity index (χ4v) is 1.38. The molecule has 0 spiro atoms. The molecule has 1 amide bonds. The minimum atomic E-state index is -0.288. The summed E-state index contributed by atoms with van der Waals surface area (Å²) in [4.78, 5) is 11.6. The molecule has 3 nitrogen and oxygen atoms in total. The van der Waals surface area contributed by atoms with Crippen LogP contribution in [0, 0.1) is 6.92 Å². The lowest BCUT2D eigenvalue weighted by Gasteiger charge is -2.17. The van der Waals surface area contributed by atoms with Crippen LogP contribution < -0.4 is 11.1 Å². The van der Waals surface area contributed by atoms with Crippen molar-refractivity contribution in [1.82, 2.24) is 0 Å². The Hall–Kier alpha value is -1.35. The zero-order valence-corrected chi connectivity index (χ0v) is 10.2. The molecule has 0 atom stereocenters. The number of anilines is 1. The molecule has 0 radical (unpaired) electrons. The van der Waals surface area contributed by atoms with Crippen LogP contribution in [0.1, 0.15) is 32.3 Å². The Kier molecular flexibility index (Phi) is 4.07. The van der Waals surface area contributed by atoms with Crippen molar-refractivity contribution in [2.75, 3.05) is 5.32 Å². The quantitative estimate of drug-likeness (QED) is 0.819. The van der Waals surface area contributed by atoms with Gasteiger partial charge in [-0.2, -0.15) is 0 Å². The Morgan fingerprint density at radius 2 is 2.12 bits per heavy atom. The van der Waals surface area contributed by atoms with Crippen LogP contribution >= 0.6 is 0 Å². The highest BCUT2D eigenvalue weighted by atomic mass is 16.1. The normalized spacial score (nSPS) is 11.2. The average molecular weight is 220 g/mol. The number of nitrogens with two attached hydrogens (primary N) is 1. The van der Waals surface area contributed by atoms with E-state index < -0.39 is 0 Å². The first-order valence-electron chi connectivity index (χ1n) is 5.52. The molecule has 1 aromatic carbocycles. The van der Waals surface area contributed by atoms with Crippen molar-refractivity contribution in [3.8, 4) is 0 Å². The zero-order valence-electron chi connectivity index (χ0n) is 10.2. The van der Waals surface area contributed by atoms with Crippen molar-refractivity contribution >= 4 is 11.6 Å². The maximum atomic E-state index is 11.6. The molecule has 0 aliphatic heterocycles. The molecular formula is C13H20N2O. The molecule has 0 aliphatic rings. The summed E-state index contributed by atoms with van der Waals surface area (Å²) in [7, 11) is 0. The monoisotopic (exact) mass is 220 g/mol. The van der Waals surface area contributed by atoms with E-state index in [1.807, 2.05) is 45.0 Å². The van der Waals surface area contributed by atoms with Gasteiger partial charge >= 0.3 is 0 Å². The van der Waals surface area contributed by atoms with E-state index in [-0.39, 0.29) is 11.4 Å². The summed E-state index contributed by atoms with van der Waals surface area (Å²) in [5.74, 6) is 0.0177. The highest BCUT2D eigenvalue weighted by Crippen LogP contribution is 2.12. The van der Waals surface area contributed by atoms with E-state index in [4.69, 9.17) is 5.73 Å². The third kappa shape index (κ3) is 4.94. The maximum absolute atomic E-state index is 11.6. The smallest absolute Gasteiger partial charge is 0.224 e. The molecule has 1 rings (SSSR count). The Morgan fingerprint density at radius 3 is 2.69 bits per heavy atom. The minimum Gasteiger partial charge on any atom is -0.326 e. The minimum absolute atomic E-state index is 0.0177. The van der Waals surface area contributed by atoms with Gasteiger partial charge in [0.1, 0.15) is 0 Å². The molecule has 16 heavy (non-hydrogen) atoms. The number of hydrogen-bond acceptors (Lipinski definition) is 2. The molecule has 0 aliphatic carbocycles. The molecule has 0 saturated heterocycles. The van der Waals surface area contributed by atoms with Crippen LogP contribution in [0.3, 0.4) is 0 Å². The van der Waals surface area contributed by atoms with Gasteiger partial charge in [0.05, 0.1) is 0 Å². The zero-order chi connectivity index (χ0) is 12.2. The molecule has 1 aromatic rings. The number of nitrogens with one attached hydrogen (secondary N) is 1. The summed E-state index contributed by atoms with van der Waals surface area (Å²) in [6, 6.07) is 7.76. The first-order valence-corrected chi connectivity index (χ1v) is 5.52. The number of amides is 1. The molecule has 0 saturated carbocycles. The second-order valence-corrected chi connectivity index (χ2v) is 4.91. The van der Waals surface area contributed by atoms with Gasteiger partial charge in [-0.15, -0.1) is 0 Å². The second kappa shape index (κ2) is 5.12. The summed E-state index contributed by atoms with van der Waals surface area (Å²) in [5.41, 5.74) is 7.52. The summed E-state index contributed by atoms with van der Waals surface area (Å²) in [5, 5.41) is 2.86. The molecule has 0 aromatic heterocycles. The van der Waals surface area contributed by atoms with Crippen molar-refractivity contribution in [3.05, 3.63) is 29.8 Å². The Bertz CT molecular complexity index is 366. The summed E-state index contributed by atoms with van der Waals surface area (Å²) >= 11 is 0. The van der Waals surface area contributed by atoms with E-state index in [1.165, 1.54) is 0 Å². The first kappa shape index (κ1) is 12.7. The topological polar surface area (TPSA) is 55.1 Å². The first-order chi connectivity index (χ1) is 7.37. The Morgan fingerprint density at radius 1 is 1.44 bits per heavy atom. The summed E-state index contributed by atoms with van der Waals surface area (Å²) < 4.78 is 0. The molecule has 88 valence electrons. The lowest BCUT2D eigenvalue weighted by atomic mass is 10.00. The van der Waals surface area contributed by atoms with Gasteiger partial charge in [-0.05, 0) is 44.9 Å². The van der Waals surface area contributed by atoms with Crippen molar-refractivity contribution in [3.63, 3.8) is 0 Å². The maximum Gasteiger partial charge on any atom is 0.224 e. The van der Waals surface area contributed by atoms with Crippen LogP contribution in [0.2, 0.25) is 0 Å². The van der Waals surface area contributed by atoms with Crippen LogP contribution in [-0.4, -0.2) is 11.4 Å². The van der Waals surface area contributed by atoms with Crippen molar-refractivity contribution in [2.45, 2.75) is 39.2 Å². The van der Waals surface area contributed by atoms with E-state index >= 15 is 0 Å². The molecule has 0 fully saturated rings. The van der Waals surface area contributed by atoms with Gasteiger partial charge in [0, 0.05) is 17.6 Å². The fraction of sp³-hybridized carbons (Fsp3) is 0.462. The molecule has 0 bridgehead atoms. The van der Waals surface area contributed by atoms with Crippen LogP contribution in [0.4, 0.5) is 5.69 Å². The van der Waals surface area contributed by atoms with Crippen molar-refractivity contribution in [2.24, 2.45) is 5.73 Å². The molecular weight excluding hydrogens is 200 g/mol. The predicted octanol–water partition coefficient (Wildman–Crippen LogP) is 2.45. The van der Waals surface area contributed by atoms with Crippen LogP contribution in [0.5, 0.6) is 0 Å². The lowest BCUT2D eigenvalue weighted by molar-refractivity contribution is -0.116. The van der Waals surface area contributed by atoms with Gasteiger partial charge in [0.2, 0.25) is 5.91 Å². The summed E-state index contributed by atoms with van der Waals surface area (Å²) in [6.07, 6.45) is 1.14. The summed E-state index contributed by atoms with van der Waals surface area (Å²) in [6.45, 7) is 5.85. The second-order valence-electron chi connectivity index (χ2n) is 4.91. The Labute approximate surface area is 97.0 Å². The van der Waals surface area contributed by atoms with E-state index in [2.05, 4.69) is 5.32 Å². The van der Waals surface area contributed by atoms with Crippen LogP contribution in [-0.2, 0) is 4.79 Å². The van der Waals surface area contributed by atoms with E-state index in [0.717, 1.165) is 11.3 Å². The number of carbonyl (C=O) groups excluding carboxylic acids is 1. The van der Waals surface area contributed by atoms with Gasteiger partial charge in [-0.25, -0.2) is 0 Å². The number of hydrogen-bond donors (Lipinski definition) is 2. The highest BCUT2D eigenvalue weighted by Gasteiger charge is 2.13. The van der Waals surface area contributed by atoms with E-state index in [9.17, 15) is 4.79 Å². The van der Waals surface area contributed by atoms with Gasteiger partial charge in [0.25, 0.3) is 0 Å². The number of rotatable bonds is 4. The molecule has 3 N–H and O–H groups in total. The van der Waals surface area contributed by atoms with Crippen LogP contribution in [0.25, 0.3) is 0 Å². The largest absolute Gasteiger partial charge is 0.326 e. The van der Waals surface area contributed by atoms with Crippen molar-refractivity contribution < 1.29 is 4.79 Å². The fourth-order valence-electron chi connectivity index (χ4n) is 1.38. The predicted molar refractivity (Wildman–Crippen MR) is 67.3 cm³/mol. The molecule has 0 unspecified atom stereocenters. The Balaban J connectivity index is 2.46.